The van der Waals surface area contributed by atoms with Gasteiger partial charge in [-0.05, 0) is 67.1 Å². The average molecular weight is 477 g/mol. The molecule has 0 spiro atoms. The number of aliphatic hydroxyl groups is 2. The van der Waals surface area contributed by atoms with Gasteiger partial charge < -0.3 is 19.7 Å². The molecule has 1 unspecified atom stereocenters. The fourth-order valence-corrected chi connectivity index (χ4v) is 4.33. The van der Waals surface area contributed by atoms with Crippen LogP contribution in [-0.4, -0.2) is 55.3 Å². The van der Waals surface area contributed by atoms with Gasteiger partial charge in [0.05, 0.1) is 45.1 Å². The lowest BCUT2D eigenvalue weighted by Gasteiger charge is -2.33. The summed E-state index contributed by atoms with van der Waals surface area (Å²) in [5.74, 6) is -0.667. The Morgan fingerprint density at radius 1 is 1.00 bits per heavy atom. The number of rotatable bonds is 14. The van der Waals surface area contributed by atoms with Crippen molar-refractivity contribution in [1.82, 2.24) is 0 Å². The van der Waals surface area contributed by atoms with Gasteiger partial charge in [0.2, 0.25) is 0 Å². The monoisotopic (exact) mass is 476 g/mol. The number of aryl methyl sites for hydroxylation is 1. The molecule has 1 saturated carbocycles. The summed E-state index contributed by atoms with van der Waals surface area (Å²) in [6.07, 6.45) is 4.97. The minimum absolute atomic E-state index is 0.0198. The second kappa shape index (κ2) is 14.7. The van der Waals surface area contributed by atoms with E-state index in [0.717, 1.165) is 37.7 Å². The number of halogens is 1. The molecule has 0 radical (unpaired) electrons. The Hall–Kier alpha value is -2.51. The van der Waals surface area contributed by atoms with Crippen molar-refractivity contribution in [2.75, 3.05) is 33.1 Å². The van der Waals surface area contributed by atoms with Gasteiger partial charge in [-0.2, -0.15) is 0 Å². The molecule has 1 fully saturated rings. The van der Waals surface area contributed by atoms with E-state index in [1.807, 2.05) is 0 Å². The van der Waals surface area contributed by atoms with Crippen LogP contribution in [0.5, 0.6) is 0 Å². The summed E-state index contributed by atoms with van der Waals surface area (Å²) in [5, 5.41) is 18.1. The summed E-state index contributed by atoms with van der Waals surface area (Å²) in [4.78, 5) is 24.0. The maximum Gasteiger partial charge on any atom is 0.335 e. The number of hydrogen-bond donors (Lipinski definition) is 2. The summed E-state index contributed by atoms with van der Waals surface area (Å²) in [6, 6.07) is 8.42. The lowest BCUT2D eigenvalue weighted by Crippen LogP contribution is -2.30. The van der Waals surface area contributed by atoms with Crippen LogP contribution < -0.4 is 0 Å². The highest BCUT2D eigenvalue weighted by atomic mass is 19.1. The van der Waals surface area contributed by atoms with Crippen LogP contribution in [0.4, 0.5) is 4.39 Å². The van der Waals surface area contributed by atoms with Crippen molar-refractivity contribution in [3.63, 3.8) is 0 Å². The van der Waals surface area contributed by atoms with Crippen LogP contribution in [0.25, 0.3) is 0 Å². The van der Waals surface area contributed by atoms with Crippen molar-refractivity contribution in [3.8, 4) is 0 Å². The Morgan fingerprint density at radius 2 is 1.65 bits per heavy atom. The maximum atomic E-state index is 12.4. The van der Waals surface area contributed by atoms with E-state index in [1.165, 1.54) is 5.56 Å². The number of carbonyl (C=O) groups is 2. The van der Waals surface area contributed by atoms with Crippen LogP contribution in [0.2, 0.25) is 0 Å². The second-order valence-electron chi connectivity index (χ2n) is 9.03. The third-order valence-electron chi connectivity index (χ3n) is 6.47. The van der Waals surface area contributed by atoms with Crippen molar-refractivity contribution in [2.45, 2.75) is 50.9 Å². The molecule has 1 aliphatic carbocycles. The number of benzene rings is 1. The van der Waals surface area contributed by atoms with Crippen LogP contribution in [-0.2, 0) is 25.5 Å². The molecular formula is C27H37FO6. The van der Waals surface area contributed by atoms with Gasteiger partial charge in [0, 0.05) is 5.92 Å². The van der Waals surface area contributed by atoms with Crippen molar-refractivity contribution >= 4 is 11.9 Å². The summed E-state index contributed by atoms with van der Waals surface area (Å²) in [6.45, 7) is 6.22. The standard InChI is InChI=1S/C27H37FO6/c1-19(15-29)14-26(31)33-17-25(18-34-27(32)20(2)16-30)24-11-9-23(10-12-24)22-7-5-21(6-8-22)4-3-13-28/h5-8,23-25,29-30H,1-4,9-18H2. The summed E-state index contributed by atoms with van der Waals surface area (Å²) in [7, 11) is 0. The van der Waals surface area contributed by atoms with Gasteiger partial charge in [-0.1, -0.05) is 37.4 Å². The van der Waals surface area contributed by atoms with E-state index < -0.39 is 18.5 Å². The Labute approximate surface area is 201 Å². The van der Waals surface area contributed by atoms with E-state index in [0.29, 0.717) is 17.9 Å². The second-order valence-corrected chi connectivity index (χ2v) is 9.03. The van der Waals surface area contributed by atoms with Crippen LogP contribution in [0.15, 0.2) is 48.6 Å². The number of hydrogen-bond acceptors (Lipinski definition) is 6. The minimum atomic E-state index is -0.658. The first-order chi connectivity index (χ1) is 16.4. The Morgan fingerprint density at radius 3 is 2.24 bits per heavy atom. The molecule has 188 valence electrons. The molecule has 0 amide bonds. The molecule has 0 aromatic heterocycles. The first-order valence-corrected chi connectivity index (χ1v) is 11.9. The summed E-state index contributed by atoms with van der Waals surface area (Å²) < 4.78 is 23.1. The molecule has 1 aliphatic rings. The van der Waals surface area contributed by atoms with Gasteiger partial charge in [-0.3, -0.25) is 9.18 Å². The number of ether oxygens (including phenoxy) is 2. The summed E-state index contributed by atoms with van der Waals surface area (Å²) >= 11 is 0. The fraction of sp³-hybridized carbons (Fsp3) is 0.556. The number of carbonyl (C=O) groups excluding carboxylic acids is 2. The highest BCUT2D eigenvalue weighted by Gasteiger charge is 2.30. The smallest absolute Gasteiger partial charge is 0.335 e. The largest absolute Gasteiger partial charge is 0.465 e. The molecular weight excluding hydrogens is 439 g/mol. The number of aliphatic hydroxyl groups excluding tert-OH is 2. The van der Waals surface area contributed by atoms with Crippen LogP contribution in [0.3, 0.4) is 0 Å². The molecule has 34 heavy (non-hydrogen) atoms. The molecule has 2 N–H and O–H groups in total. The molecule has 0 saturated heterocycles. The van der Waals surface area contributed by atoms with Crippen molar-refractivity contribution in [3.05, 3.63) is 59.7 Å². The van der Waals surface area contributed by atoms with E-state index in [4.69, 9.17) is 19.7 Å². The van der Waals surface area contributed by atoms with Crippen LogP contribution >= 0.6 is 0 Å². The fourth-order valence-electron chi connectivity index (χ4n) is 4.33. The number of esters is 2. The topological polar surface area (TPSA) is 93.1 Å². The van der Waals surface area contributed by atoms with Gasteiger partial charge >= 0.3 is 11.9 Å². The lowest BCUT2D eigenvalue weighted by atomic mass is 9.74. The maximum absolute atomic E-state index is 12.4. The lowest BCUT2D eigenvalue weighted by molar-refractivity contribution is -0.148. The first kappa shape index (κ1) is 27.7. The Bertz CT molecular complexity index is 811. The molecule has 0 aliphatic heterocycles. The molecule has 1 atom stereocenters. The van der Waals surface area contributed by atoms with Gasteiger partial charge in [0.1, 0.15) is 0 Å². The molecule has 7 heteroatoms. The zero-order valence-electron chi connectivity index (χ0n) is 19.8. The highest BCUT2D eigenvalue weighted by molar-refractivity contribution is 5.87. The third-order valence-corrected chi connectivity index (χ3v) is 6.47. The third kappa shape index (κ3) is 9.03. The average Bonchev–Trinajstić information content (AvgIpc) is 2.87. The normalized spacial score (nSPS) is 18.7. The Kier molecular flexibility index (Phi) is 12.0. The predicted molar refractivity (Wildman–Crippen MR) is 128 cm³/mol. The molecule has 0 heterocycles. The van der Waals surface area contributed by atoms with Gasteiger partial charge in [0.25, 0.3) is 0 Å². The summed E-state index contributed by atoms with van der Waals surface area (Å²) in [5.41, 5.74) is 2.78. The Balaban J connectivity index is 1.94. The first-order valence-electron chi connectivity index (χ1n) is 11.9. The zero-order valence-corrected chi connectivity index (χ0v) is 19.8. The van der Waals surface area contributed by atoms with Crippen LogP contribution in [0.1, 0.15) is 55.6 Å². The SMILES string of the molecule is C=C(CO)CC(=O)OCC(COC(=O)C(=C)CO)C1CCC(c2ccc(CCCF)cc2)CC1. The van der Waals surface area contributed by atoms with Crippen molar-refractivity contribution < 1.29 is 33.7 Å². The quantitative estimate of drug-likeness (QED) is 0.239. The highest BCUT2D eigenvalue weighted by Crippen LogP contribution is 2.39. The predicted octanol–water partition coefficient (Wildman–Crippen LogP) is 4.05. The molecule has 2 rings (SSSR count). The molecule has 1 aromatic rings. The van der Waals surface area contributed by atoms with Crippen molar-refractivity contribution in [2.24, 2.45) is 11.8 Å². The minimum Gasteiger partial charge on any atom is -0.465 e. The molecule has 0 bridgehead atoms. The zero-order chi connectivity index (χ0) is 24.9. The van der Waals surface area contributed by atoms with E-state index in [-0.39, 0.29) is 50.3 Å². The van der Waals surface area contributed by atoms with Crippen molar-refractivity contribution in [1.29, 1.82) is 0 Å². The molecule has 6 nitrogen and oxygen atoms in total. The van der Waals surface area contributed by atoms with E-state index in [2.05, 4.69) is 37.4 Å². The van der Waals surface area contributed by atoms with Gasteiger partial charge in [0.15, 0.2) is 0 Å². The number of alkyl halides is 1. The van der Waals surface area contributed by atoms with E-state index in [1.54, 1.807) is 0 Å². The van der Waals surface area contributed by atoms with E-state index in [9.17, 15) is 14.0 Å². The van der Waals surface area contributed by atoms with Gasteiger partial charge in [-0.25, -0.2) is 4.79 Å². The van der Waals surface area contributed by atoms with Crippen LogP contribution in [0, 0.1) is 11.8 Å². The molecule has 1 aromatic carbocycles. The van der Waals surface area contributed by atoms with E-state index >= 15 is 0 Å². The van der Waals surface area contributed by atoms with Gasteiger partial charge in [-0.15, -0.1) is 0 Å².